The summed E-state index contributed by atoms with van der Waals surface area (Å²) in [5.41, 5.74) is 3.77. The number of nitrogens with one attached hydrogen (secondary N) is 2. The van der Waals surface area contributed by atoms with Gasteiger partial charge in [0.15, 0.2) is 6.61 Å². The predicted molar refractivity (Wildman–Crippen MR) is 89.3 cm³/mol. The zero-order chi connectivity index (χ0) is 16.1. The summed E-state index contributed by atoms with van der Waals surface area (Å²) >= 11 is 0. The fraction of sp³-hybridized carbons (Fsp3) is 0.111. The van der Waals surface area contributed by atoms with Gasteiger partial charge in [-0.2, -0.15) is 0 Å². The molecule has 2 aromatic carbocycles. The Morgan fingerprint density at radius 3 is 2.74 bits per heavy atom. The van der Waals surface area contributed by atoms with Crippen LogP contribution in [0.1, 0.15) is 5.56 Å². The molecule has 0 aliphatic carbocycles. The van der Waals surface area contributed by atoms with Gasteiger partial charge < -0.3 is 15.0 Å². The molecule has 5 nitrogen and oxygen atoms in total. The SMILES string of the molecule is Cc1cccc(OCC(=O)Nc2ccc(-c3cnc[nH]3)cc2)c1. The number of benzene rings is 2. The average molecular weight is 307 g/mol. The van der Waals surface area contributed by atoms with E-state index >= 15 is 0 Å². The van der Waals surface area contributed by atoms with E-state index in [1.165, 1.54) is 0 Å². The van der Waals surface area contributed by atoms with Crippen LogP contribution in [0.4, 0.5) is 5.69 Å². The lowest BCUT2D eigenvalue weighted by Gasteiger charge is -2.08. The van der Waals surface area contributed by atoms with E-state index in [0.29, 0.717) is 5.75 Å². The first kappa shape index (κ1) is 14.8. The second kappa shape index (κ2) is 6.79. The number of H-pyrrole nitrogens is 1. The zero-order valence-electron chi connectivity index (χ0n) is 12.7. The van der Waals surface area contributed by atoms with Crippen LogP contribution in [-0.4, -0.2) is 22.5 Å². The minimum Gasteiger partial charge on any atom is -0.484 e. The number of ether oxygens (including phenoxy) is 1. The lowest BCUT2D eigenvalue weighted by molar-refractivity contribution is -0.118. The molecule has 0 spiro atoms. The Bertz CT molecular complexity index is 780. The summed E-state index contributed by atoms with van der Waals surface area (Å²) < 4.78 is 5.48. The first-order valence-electron chi connectivity index (χ1n) is 7.29. The molecule has 2 N–H and O–H groups in total. The van der Waals surface area contributed by atoms with Gasteiger partial charge in [0.05, 0.1) is 18.2 Å². The molecule has 0 bridgehead atoms. The number of aromatic amines is 1. The first-order valence-corrected chi connectivity index (χ1v) is 7.29. The summed E-state index contributed by atoms with van der Waals surface area (Å²) in [5.74, 6) is 0.496. The molecule has 0 radical (unpaired) electrons. The Balaban J connectivity index is 1.55. The number of nitrogens with zero attached hydrogens (tertiary/aromatic N) is 1. The van der Waals surface area contributed by atoms with Gasteiger partial charge in [0.1, 0.15) is 5.75 Å². The molecule has 3 rings (SSSR count). The van der Waals surface area contributed by atoms with Gasteiger partial charge in [0.25, 0.3) is 5.91 Å². The van der Waals surface area contributed by atoms with Gasteiger partial charge in [-0.15, -0.1) is 0 Å². The van der Waals surface area contributed by atoms with Crippen molar-refractivity contribution in [3.8, 4) is 17.0 Å². The molecule has 0 saturated heterocycles. The van der Waals surface area contributed by atoms with Crippen molar-refractivity contribution < 1.29 is 9.53 Å². The molecule has 0 unspecified atom stereocenters. The van der Waals surface area contributed by atoms with Crippen LogP contribution in [0.2, 0.25) is 0 Å². The van der Waals surface area contributed by atoms with Crippen LogP contribution in [0.3, 0.4) is 0 Å². The Hall–Kier alpha value is -3.08. The van der Waals surface area contributed by atoms with E-state index in [1.54, 1.807) is 12.5 Å². The summed E-state index contributed by atoms with van der Waals surface area (Å²) in [6.07, 6.45) is 3.39. The summed E-state index contributed by atoms with van der Waals surface area (Å²) in [7, 11) is 0. The van der Waals surface area contributed by atoms with Gasteiger partial charge in [0.2, 0.25) is 0 Å². The number of aromatic nitrogens is 2. The molecule has 0 aliphatic rings. The quantitative estimate of drug-likeness (QED) is 0.759. The van der Waals surface area contributed by atoms with Crippen molar-refractivity contribution in [2.45, 2.75) is 6.92 Å². The second-order valence-electron chi connectivity index (χ2n) is 5.20. The second-order valence-corrected chi connectivity index (χ2v) is 5.20. The maximum absolute atomic E-state index is 11.9. The van der Waals surface area contributed by atoms with Gasteiger partial charge in [-0.25, -0.2) is 4.98 Å². The number of anilines is 1. The van der Waals surface area contributed by atoms with Crippen molar-refractivity contribution in [2.24, 2.45) is 0 Å². The van der Waals surface area contributed by atoms with Crippen molar-refractivity contribution in [1.29, 1.82) is 0 Å². The number of imidazole rings is 1. The van der Waals surface area contributed by atoms with Crippen LogP contribution in [0.25, 0.3) is 11.3 Å². The summed E-state index contributed by atoms with van der Waals surface area (Å²) in [5, 5.41) is 2.81. The van der Waals surface area contributed by atoms with Crippen molar-refractivity contribution in [3.63, 3.8) is 0 Å². The predicted octanol–water partition coefficient (Wildman–Crippen LogP) is 3.40. The van der Waals surface area contributed by atoms with Crippen molar-refractivity contribution in [1.82, 2.24) is 9.97 Å². The number of carbonyl (C=O) groups is 1. The third-order valence-electron chi connectivity index (χ3n) is 3.34. The van der Waals surface area contributed by atoms with E-state index in [9.17, 15) is 4.79 Å². The van der Waals surface area contributed by atoms with E-state index < -0.39 is 0 Å². The molecule has 1 heterocycles. The molecule has 0 saturated carbocycles. The normalized spacial score (nSPS) is 10.3. The molecule has 5 heteroatoms. The van der Waals surface area contributed by atoms with Gasteiger partial charge in [0, 0.05) is 5.69 Å². The minimum absolute atomic E-state index is 0.0221. The number of hydrogen-bond donors (Lipinski definition) is 2. The van der Waals surface area contributed by atoms with Crippen LogP contribution >= 0.6 is 0 Å². The minimum atomic E-state index is -0.194. The van der Waals surface area contributed by atoms with Crippen LogP contribution in [-0.2, 0) is 4.79 Å². The Kier molecular flexibility index (Phi) is 4.38. The maximum atomic E-state index is 11.9. The van der Waals surface area contributed by atoms with Crippen LogP contribution in [0, 0.1) is 6.92 Å². The Morgan fingerprint density at radius 2 is 2.04 bits per heavy atom. The highest BCUT2D eigenvalue weighted by Crippen LogP contribution is 2.18. The number of aryl methyl sites for hydroxylation is 1. The lowest BCUT2D eigenvalue weighted by Crippen LogP contribution is -2.20. The number of carbonyl (C=O) groups excluding carboxylic acids is 1. The fourth-order valence-corrected chi connectivity index (χ4v) is 2.20. The van der Waals surface area contributed by atoms with E-state index in [0.717, 1.165) is 22.5 Å². The molecule has 23 heavy (non-hydrogen) atoms. The first-order chi connectivity index (χ1) is 11.2. The molecular weight excluding hydrogens is 290 g/mol. The van der Waals surface area contributed by atoms with Crippen molar-refractivity contribution in [3.05, 3.63) is 66.6 Å². The largest absolute Gasteiger partial charge is 0.484 e. The molecule has 0 fully saturated rings. The highest BCUT2D eigenvalue weighted by molar-refractivity contribution is 5.92. The molecule has 3 aromatic rings. The molecular formula is C18H17N3O2. The Labute approximate surface area is 134 Å². The van der Waals surface area contributed by atoms with E-state index in [-0.39, 0.29) is 12.5 Å². The van der Waals surface area contributed by atoms with E-state index in [1.807, 2.05) is 55.5 Å². The highest BCUT2D eigenvalue weighted by atomic mass is 16.5. The summed E-state index contributed by atoms with van der Waals surface area (Å²) in [6, 6.07) is 15.1. The molecule has 0 atom stereocenters. The fourth-order valence-electron chi connectivity index (χ4n) is 2.20. The number of amides is 1. The third-order valence-corrected chi connectivity index (χ3v) is 3.34. The summed E-state index contributed by atoms with van der Waals surface area (Å²) in [6.45, 7) is 1.96. The van der Waals surface area contributed by atoms with E-state index in [4.69, 9.17) is 4.74 Å². The summed E-state index contributed by atoms with van der Waals surface area (Å²) in [4.78, 5) is 19.0. The Morgan fingerprint density at radius 1 is 1.22 bits per heavy atom. The van der Waals surface area contributed by atoms with Crippen LogP contribution < -0.4 is 10.1 Å². The third kappa shape index (κ3) is 3.97. The smallest absolute Gasteiger partial charge is 0.262 e. The lowest BCUT2D eigenvalue weighted by atomic mass is 10.1. The zero-order valence-corrected chi connectivity index (χ0v) is 12.7. The van der Waals surface area contributed by atoms with Crippen LogP contribution in [0.15, 0.2) is 61.1 Å². The average Bonchev–Trinajstić information content (AvgIpc) is 3.08. The van der Waals surface area contributed by atoms with Gasteiger partial charge >= 0.3 is 0 Å². The van der Waals surface area contributed by atoms with Crippen LogP contribution in [0.5, 0.6) is 5.75 Å². The standard InChI is InChI=1S/C18H17N3O2/c1-13-3-2-4-16(9-13)23-11-18(22)21-15-7-5-14(6-8-15)17-10-19-12-20-17/h2-10,12H,11H2,1H3,(H,19,20)(H,21,22). The van der Waals surface area contributed by atoms with Crippen molar-refractivity contribution >= 4 is 11.6 Å². The van der Waals surface area contributed by atoms with Crippen molar-refractivity contribution in [2.75, 3.05) is 11.9 Å². The molecule has 1 amide bonds. The monoisotopic (exact) mass is 307 g/mol. The number of rotatable bonds is 5. The molecule has 1 aromatic heterocycles. The molecule has 0 aliphatic heterocycles. The maximum Gasteiger partial charge on any atom is 0.262 e. The highest BCUT2D eigenvalue weighted by Gasteiger charge is 2.05. The molecule has 116 valence electrons. The van der Waals surface area contributed by atoms with Gasteiger partial charge in [-0.05, 0) is 42.3 Å². The topological polar surface area (TPSA) is 67.0 Å². The van der Waals surface area contributed by atoms with Gasteiger partial charge in [-0.3, -0.25) is 4.79 Å². The number of hydrogen-bond acceptors (Lipinski definition) is 3. The van der Waals surface area contributed by atoms with Gasteiger partial charge in [-0.1, -0.05) is 24.3 Å². The van der Waals surface area contributed by atoms with E-state index in [2.05, 4.69) is 15.3 Å².